The fourth-order valence-corrected chi connectivity index (χ4v) is 3.94. The number of piperidine rings is 1. The van der Waals surface area contributed by atoms with Gasteiger partial charge in [-0.15, -0.1) is 10.2 Å². The van der Waals surface area contributed by atoms with E-state index in [1.54, 1.807) is 23.1 Å². The highest BCUT2D eigenvalue weighted by molar-refractivity contribution is 6.04. The lowest BCUT2D eigenvalue weighted by molar-refractivity contribution is 0.0699. The Morgan fingerprint density at radius 1 is 1.07 bits per heavy atom. The number of aromatic nitrogens is 5. The molecule has 8 heteroatoms. The van der Waals surface area contributed by atoms with Crippen LogP contribution in [0, 0.1) is 0 Å². The molecule has 4 aromatic rings. The molecular formula is C20H18N6O2. The van der Waals surface area contributed by atoms with E-state index in [1.807, 2.05) is 34.9 Å². The molecule has 1 aliphatic rings. The van der Waals surface area contributed by atoms with Crippen molar-refractivity contribution < 1.29 is 4.79 Å². The van der Waals surface area contributed by atoms with Crippen LogP contribution in [0.1, 0.15) is 35.1 Å². The highest BCUT2D eigenvalue weighted by Gasteiger charge is 2.30. The van der Waals surface area contributed by atoms with Crippen molar-refractivity contribution in [3.63, 3.8) is 0 Å². The first-order valence-electron chi connectivity index (χ1n) is 9.29. The number of nitrogens with zero attached hydrogens (tertiary/aromatic N) is 5. The summed E-state index contributed by atoms with van der Waals surface area (Å²) in [5.41, 5.74) is 0.787. The Hall–Kier alpha value is -3.55. The Bertz CT molecular complexity index is 1240. The maximum atomic E-state index is 13.2. The molecule has 5 rings (SSSR count). The van der Waals surface area contributed by atoms with Gasteiger partial charge in [0, 0.05) is 30.6 Å². The number of hydrogen-bond acceptors (Lipinski definition) is 5. The molecule has 140 valence electrons. The molecule has 1 fully saturated rings. The smallest absolute Gasteiger partial charge is 0.274 e. The number of pyridine rings is 1. The number of benzene rings is 1. The van der Waals surface area contributed by atoms with Gasteiger partial charge in [-0.1, -0.05) is 24.3 Å². The minimum absolute atomic E-state index is 0.101. The summed E-state index contributed by atoms with van der Waals surface area (Å²) in [7, 11) is 0. The van der Waals surface area contributed by atoms with Crippen LogP contribution in [-0.4, -0.2) is 48.7 Å². The molecule has 0 bridgehead atoms. The van der Waals surface area contributed by atoms with Gasteiger partial charge in [0.2, 0.25) is 0 Å². The second-order valence-electron chi connectivity index (χ2n) is 7.02. The molecule has 4 heterocycles. The van der Waals surface area contributed by atoms with Crippen molar-refractivity contribution in [1.82, 2.24) is 29.7 Å². The Morgan fingerprint density at radius 3 is 2.79 bits per heavy atom. The van der Waals surface area contributed by atoms with Crippen molar-refractivity contribution in [3.8, 4) is 0 Å². The molecule has 1 saturated heterocycles. The van der Waals surface area contributed by atoms with Gasteiger partial charge in [-0.25, -0.2) is 5.10 Å². The minimum Gasteiger partial charge on any atom is -0.337 e. The molecule has 1 unspecified atom stereocenters. The Kier molecular flexibility index (Phi) is 3.89. The van der Waals surface area contributed by atoms with Crippen LogP contribution in [-0.2, 0) is 0 Å². The van der Waals surface area contributed by atoms with Crippen molar-refractivity contribution in [2.75, 3.05) is 13.1 Å². The average Bonchev–Trinajstić information content (AvgIpc) is 3.18. The second kappa shape index (κ2) is 6.56. The second-order valence-corrected chi connectivity index (χ2v) is 7.02. The van der Waals surface area contributed by atoms with E-state index in [2.05, 4.69) is 20.4 Å². The number of fused-ring (bicyclic) bond motifs is 2. The third-order valence-corrected chi connectivity index (χ3v) is 5.31. The molecule has 0 aliphatic carbocycles. The first kappa shape index (κ1) is 16.6. The average molecular weight is 374 g/mol. The topological polar surface area (TPSA) is 96.2 Å². The number of carbonyl (C=O) groups is 1. The third kappa shape index (κ3) is 2.65. The number of H-pyrrole nitrogens is 1. The Balaban J connectivity index is 1.48. The van der Waals surface area contributed by atoms with E-state index < -0.39 is 0 Å². The van der Waals surface area contributed by atoms with E-state index in [-0.39, 0.29) is 23.1 Å². The minimum atomic E-state index is -0.293. The van der Waals surface area contributed by atoms with E-state index in [4.69, 9.17) is 0 Å². The summed E-state index contributed by atoms with van der Waals surface area (Å²) in [4.78, 5) is 27.0. The highest BCUT2D eigenvalue weighted by atomic mass is 16.2. The van der Waals surface area contributed by atoms with Crippen LogP contribution < -0.4 is 5.56 Å². The van der Waals surface area contributed by atoms with Crippen LogP contribution in [0.25, 0.3) is 16.4 Å². The van der Waals surface area contributed by atoms with E-state index >= 15 is 0 Å². The molecule has 1 atom stereocenters. The number of likely N-dealkylation sites (tertiary alicyclic amines) is 1. The highest BCUT2D eigenvalue weighted by Crippen LogP contribution is 2.27. The monoisotopic (exact) mass is 374 g/mol. The lowest BCUT2D eigenvalue weighted by Crippen LogP contribution is -2.40. The number of carbonyl (C=O) groups excluding carboxylic acids is 1. The first-order valence-corrected chi connectivity index (χ1v) is 9.29. The number of nitrogens with one attached hydrogen (secondary N) is 1. The molecule has 3 aromatic heterocycles. The maximum Gasteiger partial charge on any atom is 0.274 e. The van der Waals surface area contributed by atoms with Crippen molar-refractivity contribution in [2.45, 2.75) is 18.8 Å². The van der Waals surface area contributed by atoms with Crippen LogP contribution in [0.5, 0.6) is 0 Å². The molecule has 28 heavy (non-hydrogen) atoms. The molecule has 0 saturated carbocycles. The molecule has 1 aromatic carbocycles. The quantitative estimate of drug-likeness (QED) is 0.579. The van der Waals surface area contributed by atoms with E-state index in [0.717, 1.165) is 24.3 Å². The zero-order valence-electron chi connectivity index (χ0n) is 15.1. The van der Waals surface area contributed by atoms with Gasteiger partial charge in [-0.2, -0.15) is 5.10 Å². The Morgan fingerprint density at radius 2 is 1.89 bits per heavy atom. The zero-order valence-corrected chi connectivity index (χ0v) is 15.1. The standard InChI is InChI=1S/C20H18N6O2/c27-19-15-8-2-1-7-14(15)17(22-24-19)20(28)25-10-5-6-13(12-25)18-23-21-16-9-3-4-11-26(16)18/h1-4,7-9,11,13H,5-6,10,12H2,(H,24,27). The summed E-state index contributed by atoms with van der Waals surface area (Å²) < 4.78 is 1.98. The van der Waals surface area contributed by atoms with Gasteiger partial charge in [0.1, 0.15) is 5.82 Å². The molecule has 1 aliphatic heterocycles. The maximum absolute atomic E-state index is 13.2. The molecule has 8 nitrogen and oxygen atoms in total. The van der Waals surface area contributed by atoms with Crippen LogP contribution in [0.2, 0.25) is 0 Å². The predicted octanol–water partition coefficient (Wildman–Crippen LogP) is 1.99. The summed E-state index contributed by atoms with van der Waals surface area (Å²) >= 11 is 0. The van der Waals surface area contributed by atoms with Gasteiger partial charge < -0.3 is 4.90 Å². The van der Waals surface area contributed by atoms with E-state index in [0.29, 0.717) is 23.9 Å². The molecular weight excluding hydrogens is 356 g/mol. The van der Waals surface area contributed by atoms with E-state index in [1.165, 1.54) is 0 Å². The summed E-state index contributed by atoms with van der Waals surface area (Å²) in [5.74, 6) is 0.794. The molecule has 1 N–H and O–H groups in total. The zero-order chi connectivity index (χ0) is 19.1. The van der Waals surface area contributed by atoms with Gasteiger partial charge in [0.25, 0.3) is 11.5 Å². The van der Waals surface area contributed by atoms with Crippen LogP contribution in [0.3, 0.4) is 0 Å². The van der Waals surface area contributed by atoms with Crippen molar-refractivity contribution in [2.24, 2.45) is 0 Å². The number of aromatic amines is 1. The molecule has 0 spiro atoms. The lowest BCUT2D eigenvalue weighted by atomic mass is 9.96. The summed E-state index contributed by atoms with van der Waals surface area (Å²) in [5, 5.41) is 16.1. The predicted molar refractivity (Wildman–Crippen MR) is 103 cm³/mol. The molecule has 0 radical (unpaired) electrons. The SMILES string of the molecule is O=C(c1n[nH]c(=O)c2ccccc12)N1CCCC(c2nnc3ccccn23)C1. The van der Waals surface area contributed by atoms with Gasteiger partial charge in [-0.05, 0) is 31.0 Å². The van der Waals surface area contributed by atoms with Crippen LogP contribution in [0.4, 0.5) is 0 Å². The summed E-state index contributed by atoms with van der Waals surface area (Å²) in [6.45, 7) is 1.20. The first-order chi connectivity index (χ1) is 13.7. The number of hydrogen-bond donors (Lipinski definition) is 1. The fourth-order valence-electron chi connectivity index (χ4n) is 3.94. The van der Waals surface area contributed by atoms with Crippen molar-refractivity contribution in [1.29, 1.82) is 0 Å². The molecule has 1 amide bonds. The number of rotatable bonds is 2. The van der Waals surface area contributed by atoms with Crippen LogP contribution in [0.15, 0.2) is 53.5 Å². The van der Waals surface area contributed by atoms with Crippen LogP contribution >= 0.6 is 0 Å². The van der Waals surface area contributed by atoms with Crippen molar-refractivity contribution in [3.05, 3.63) is 70.5 Å². The largest absolute Gasteiger partial charge is 0.337 e. The van der Waals surface area contributed by atoms with Gasteiger partial charge in [-0.3, -0.25) is 14.0 Å². The van der Waals surface area contributed by atoms with Crippen molar-refractivity contribution >= 4 is 22.3 Å². The van der Waals surface area contributed by atoms with Gasteiger partial charge in [0.05, 0.1) is 5.39 Å². The lowest BCUT2D eigenvalue weighted by Gasteiger charge is -2.31. The fraction of sp³-hybridized carbons (Fsp3) is 0.250. The van der Waals surface area contributed by atoms with Gasteiger partial charge >= 0.3 is 0 Å². The third-order valence-electron chi connectivity index (χ3n) is 5.31. The summed E-state index contributed by atoms with van der Waals surface area (Å²) in [6, 6.07) is 12.8. The van der Waals surface area contributed by atoms with Gasteiger partial charge in [0.15, 0.2) is 11.3 Å². The summed E-state index contributed by atoms with van der Waals surface area (Å²) in [6.07, 6.45) is 3.77. The Labute approximate surface area is 159 Å². The number of amides is 1. The normalized spacial score (nSPS) is 17.3. The van der Waals surface area contributed by atoms with E-state index in [9.17, 15) is 9.59 Å².